The number of nitrogens with zero attached hydrogens (tertiary/aromatic N) is 1. The van der Waals surface area contributed by atoms with Crippen LogP contribution in [0.3, 0.4) is 0 Å². The number of rotatable bonds is 4. The van der Waals surface area contributed by atoms with E-state index < -0.39 is 6.16 Å². The molecular formula is C10H15NO4. The molecule has 0 saturated heterocycles. The van der Waals surface area contributed by atoms with Crippen molar-refractivity contribution in [2.24, 2.45) is 0 Å². The Morgan fingerprint density at radius 3 is 2.60 bits per heavy atom. The second-order valence-electron chi connectivity index (χ2n) is 2.65. The van der Waals surface area contributed by atoms with Crippen molar-refractivity contribution in [1.82, 2.24) is 4.98 Å². The fourth-order valence-corrected chi connectivity index (χ4v) is 0.754. The summed E-state index contributed by atoms with van der Waals surface area (Å²) >= 11 is 0. The van der Waals surface area contributed by atoms with Crippen LogP contribution in [0.4, 0.5) is 4.79 Å². The molecular weight excluding hydrogens is 198 g/mol. The smallest absolute Gasteiger partial charge is 0.478 e. The van der Waals surface area contributed by atoms with Gasteiger partial charge in [-0.15, -0.1) is 0 Å². The van der Waals surface area contributed by atoms with Gasteiger partial charge >= 0.3 is 6.16 Å². The number of ether oxygens (including phenoxy) is 1. The summed E-state index contributed by atoms with van der Waals surface area (Å²) in [7, 11) is 0. The molecule has 0 aliphatic rings. The number of pyridine rings is 1. The Balaban J connectivity index is 0.000000423. The Bertz CT molecular complexity index is 259. The summed E-state index contributed by atoms with van der Waals surface area (Å²) in [6.07, 6.45) is 2.16. The van der Waals surface area contributed by atoms with Gasteiger partial charge in [0.25, 0.3) is 0 Å². The van der Waals surface area contributed by atoms with E-state index in [1.54, 1.807) is 6.20 Å². The largest absolute Gasteiger partial charge is 0.503 e. The maximum atomic E-state index is 8.56. The molecule has 0 saturated carbocycles. The molecule has 0 fully saturated rings. The molecule has 1 heterocycles. The van der Waals surface area contributed by atoms with Crippen LogP contribution in [-0.2, 0) is 0 Å². The van der Waals surface area contributed by atoms with Crippen molar-refractivity contribution in [3.8, 4) is 5.88 Å². The fraction of sp³-hybridized carbons (Fsp3) is 0.400. The van der Waals surface area contributed by atoms with E-state index in [1.165, 1.54) is 0 Å². The molecule has 84 valence electrons. The molecule has 0 aliphatic heterocycles. The molecule has 5 heteroatoms. The molecule has 0 aliphatic carbocycles. The molecule has 0 amide bonds. The first-order chi connectivity index (χ1) is 7.16. The van der Waals surface area contributed by atoms with Gasteiger partial charge in [-0.3, -0.25) is 0 Å². The second-order valence-corrected chi connectivity index (χ2v) is 2.65. The second kappa shape index (κ2) is 8.80. The molecule has 2 N–H and O–H groups in total. The van der Waals surface area contributed by atoms with Gasteiger partial charge in [0.2, 0.25) is 5.88 Å². The molecule has 0 radical (unpaired) electrons. The molecule has 0 aromatic carbocycles. The topological polar surface area (TPSA) is 79.7 Å². The van der Waals surface area contributed by atoms with Crippen LogP contribution in [0.1, 0.15) is 19.8 Å². The summed E-state index contributed by atoms with van der Waals surface area (Å²) in [6, 6.07) is 5.68. The standard InChI is InChI=1S/C9H13NO.CH2O3/c1-2-3-8-11-9-6-4-5-7-10-9;2-1(3)4/h4-7H,2-3,8H2,1H3;(H2,2,3,4). The number of hydrogen-bond donors (Lipinski definition) is 2. The van der Waals surface area contributed by atoms with Crippen LogP contribution < -0.4 is 4.74 Å². The van der Waals surface area contributed by atoms with Crippen LogP contribution >= 0.6 is 0 Å². The zero-order valence-corrected chi connectivity index (χ0v) is 8.59. The van der Waals surface area contributed by atoms with Crippen molar-refractivity contribution in [2.75, 3.05) is 6.61 Å². The van der Waals surface area contributed by atoms with E-state index in [-0.39, 0.29) is 0 Å². The summed E-state index contributed by atoms with van der Waals surface area (Å²) < 4.78 is 5.34. The first kappa shape index (κ1) is 13.2. The highest BCUT2D eigenvalue weighted by Crippen LogP contribution is 2.03. The van der Waals surface area contributed by atoms with Crippen LogP contribution in [0.25, 0.3) is 0 Å². The number of carboxylic acid groups (broad SMARTS) is 2. The van der Waals surface area contributed by atoms with Crippen LogP contribution in [0, 0.1) is 0 Å². The number of hydrogen-bond acceptors (Lipinski definition) is 3. The Morgan fingerprint density at radius 1 is 1.47 bits per heavy atom. The molecule has 1 aromatic rings. The Kier molecular flexibility index (Phi) is 7.76. The monoisotopic (exact) mass is 213 g/mol. The van der Waals surface area contributed by atoms with Gasteiger partial charge < -0.3 is 14.9 Å². The van der Waals surface area contributed by atoms with Crippen molar-refractivity contribution in [1.29, 1.82) is 0 Å². The van der Waals surface area contributed by atoms with E-state index in [9.17, 15) is 0 Å². The summed E-state index contributed by atoms with van der Waals surface area (Å²) in [5.74, 6) is 0.723. The van der Waals surface area contributed by atoms with E-state index >= 15 is 0 Å². The van der Waals surface area contributed by atoms with Gasteiger partial charge in [-0.1, -0.05) is 19.4 Å². The lowest BCUT2D eigenvalue weighted by molar-refractivity contribution is 0.137. The third-order valence-corrected chi connectivity index (χ3v) is 1.39. The molecule has 5 nitrogen and oxygen atoms in total. The molecule has 0 atom stereocenters. The zero-order chi connectivity index (χ0) is 11.5. The number of unbranched alkanes of at least 4 members (excludes halogenated alkanes) is 1. The van der Waals surface area contributed by atoms with Crippen molar-refractivity contribution in [2.45, 2.75) is 19.8 Å². The van der Waals surface area contributed by atoms with Crippen LogP contribution in [-0.4, -0.2) is 28.0 Å². The van der Waals surface area contributed by atoms with Gasteiger partial charge in [-0.2, -0.15) is 0 Å². The Labute approximate surface area is 88.3 Å². The van der Waals surface area contributed by atoms with Crippen molar-refractivity contribution < 1.29 is 19.7 Å². The zero-order valence-electron chi connectivity index (χ0n) is 8.59. The summed E-state index contributed by atoms with van der Waals surface area (Å²) in [5.41, 5.74) is 0. The SMILES string of the molecule is CCCCOc1ccccn1.O=C(O)O. The van der Waals surface area contributed by atoms with Gasteiger partial charge in [0.1, 0.15) is 0 Å². The average Bonchev–Trinajstić information content (AvgIpc) is 2.19. The third kappa shape index (κ3) is 10.1. The maximum Gasteiger partial charge on any atom is 0.503 e. The van der Waals surface area contributed by atoms with Crippen molar-refractivity contribution in [3.05, 3.63) is 24.4 Å². The average molecular weight is 213 g/mol. The Morgan fingerprint density at radius 2 is 2.13 bits per heavy atom. The van der Waals surface area contributed by atoms with E-state index in [0.717, 1.165) is 25.3 Å². The molecule has 0 bridgehead atoms. The number of carbonyl (C=O) groups is 1. The van der Waals surface area contributed by atoms with E-state index in [1.807, 2.05) is 18.2 Å². The summed E-state index contributed by atoms with van der Waals surface area (Å²) in [5, 5.41) is 13.9. The molecule has 0 unspecified atom stereocenters. The van der Waals surface area contributed by atoms with Crippen molar-refractivity contribution >= 4 is 6.16 Å². The van der Waals surface area contributed by atoms with Crippen LogP contribution in [0.5, 0.6) is 5.88 Å². The minimum atomic E-state index is -1.83. The van der Waals surface area contributed by atoms with Gasteiger partial charge in [0, 0.05) is 12.3 Å². The predicted molar refractivity (Wildman–Crippen MR) is 55.3 cm³/mol. The summed E-state index contributed by atoms with van der Waals surface area (Å²) in [4.78, 5) is 12.6. The first-order valence-electron chi connectivity index (χ1n) is 4.62. The minimum Gasteiger partial charge on any atom is -0.478 e. The first-order valence-corrected chi connectivity index (χ1v) is 4.62. The highest BCUT2D eigenvalue weighted by Gasteiger charge is 1.89. The molecule has 1 rings (SSSR count). The van der Waals surface area contributed by atoms with Crippen LogP contribution in [0.2, 0.25) is 0 Å². The van der Waals surface area contributed by atoms with Crippen LogP contribution in [0.15, 0.2) is 24.4 Å². The molecule has 0 spiro atoms. The molecule has 15 heavy (non-hydrogen) atoms. The van der Waals surface area contributed by atoms with Gasteiger partial charge in [-0.25, -0.2) is 9.78 Å². The lowest BCUT2D eigenvalue weighted by atomic mass is 10.4. The van der Waals surface area contributed by atoms with Gasteiger partial charge in [0.05, 0.1) is 6.61 Å². The van der Waals surface area contributed by atoms with Crippen molar-refractivity contribution in [3.63, 3.8) is 0 Å². The quantitative estimate of drug-likeness (QED) is 0.751. The Hall–Kier alpha value is -1.78. The summed E-state index contributed by atoms with van der Waals surface area (Å²) in [6.45, 7) is 2.91. The minimum absolute atomic E-state index is 0.723. The third-order valence-electron chi connectivity index (χ3n) is 1.39. The lowest BCUT2D eigenvalue weighted by Gasteiger charge is -2.01. The van der Waals surface area contributed by atoms with E-state index in [0.29, 0.717) is 0 Å². The highest BCUT2D eigenvalue weighted by atomic mass is 16.6. The normalized spacial score (nSPS) is 8.60. The lowest BCUT2D eigenvalue weighted by Crippen LogP contribution is -1.97. The van der Waals surface area contributed by atoms with Gasteiger partial charge in [-0.05, 0) is 12.5 Å². The van der Waals surface area contributed by atoms with E-state index in [4.69, 9.17) is 19.7 Å². The highest BCUT2D eigenvalue weighted by molar-refractivity contribution is 5.53. The predicted octanol–water partition coefficient (Wildman–Crippen LogP) is 2.48. The fourth-order valence-electron chi connectivity index (χ4n) is 0.754. The number of aromatic nitrogens is 1. The van der Waals surface area contributed by atoms with Gasteiger partial charge in [0.15, 0.2) is 0 Å². The maximum absolute atomic E-state index is 8.56. The molecule has 1 aromatic heterocycles. The van der Waals surface area contributed by atoms with E-state index in [2.05, 4.69) is 11.9 Å².